The molecule has 0 saturated heterocycles. The van der Waals surface area contributed by atoms with Crippen LogP contribution in [-0.4, -0.2) is 15.9 Å². The quantitative estimate of drug-likeness (QED) is 0.681. The molecule has 1 aromatic heterocycles. The van der Waals surface area contributed by atoms with Crippen molar-refractivity contribution in [2.45, 2.75) is 64.5 Å². The number of aryl methyl sites for hydroxylation is 1. The molecule has 0 unspecified atom stereocenters. The summed E-state index contributed by atoms with van der Waals surface area (Å²) >= 11 is 0. The summed E-state index contributed by atoms with van der Waals surface area (Å²) in [6, 6.07) is 0.694. The van der Waals surface area contributed by atoms with Crippen LogP contribution < -0.4 is 11.2 Å². The first-order valence-electron chi connectivity index (χ1n) is 8.74. The standard InChI is InChI=1S/C16H15F5N2O2.C2H6/c1-7-11(8-2-4-15(17,18)5-3-8)10(16(19,20)21)6-9-12(7)22-14(25)23-13(9)24;1-2/h6,8H,2-5H2,1H3,(H2,22,23,24,25);1-2H3. The van der Waals surface area contributed by atoms with Crippen LogP contribution >= 0.6 is 0 Å². The lowest BCUT2D eigenvalue weighted by Crippen LogP contribution is -2.27. The summed E-state index contributed by atoms with van der Waals surface area (Å²) in [6.45, 7) is 5.37. The van der Waals surface area contributed by atoms with Gasteiger partial charge >= 0.3 is 11.9 Å². The smallest absolute Gasteiger partial charge is 0.307 e. The van der Waals surface area contributed by atoms with Crippen LogP contribution in [-0.2, 0) is 6.18 Å². The maximum atomic E-state index is 13.5. The summed E-state index contributed by atoms with van der Waals surface area (Å²) in [7, 11) is 0. The molecule has 0 radical (unpaired) electrons. The van der Waals surface area contributed by atoms with E-state index in [1.54, 1.807) is 0 Å². The van der Waals surface area contributed by atoms with Gasteiger partial charge in [0.25, 0.3) is 5.56 Å². The molecule has 27 heavy (non-hydrogen) atoms. The molecule has 3 rings (SSSR count). The highest BCUT2D eigenvalue weighted by Crippen LogP contribution is 2.46. The van der Waals surface area contributed by atoms with Gasteiger partial charge < -0.3 is 4.98 Å². The number of rotatable bonds is 1. The molecule has 150 valence electrons. The van der Waals surface area contributed by atoms with Gasteiger partial charge in [-0.05, 0) is 42.9 Å². The van der Waals surface area contributed by atoms with Crippen molar-refractivity contribution in [3.8, 4) is 0 Å². The molecule has 9 heteroatoms. The van der Waals surface area contributed by atoms with E-state index in [1.807, 2.05) is 18.8 Å². The van der Waals surface area contributed by atoms with Crippen LogP contribution in [0.25, 0.3) is 10.9 Å². The monoisotopic (exact) mass is 392 g/mol. The average molecular weight is 392 g/mol. The number of benzene rings is 1. The summed E-state index contributed by atoms with van der Waals surface area (Å²) in [5.41, 5.74) is -2.77. The molecule has 1 saturated carbocycles. The number of hydrogen-bond donors (Lipinski definition) is 2. The molecule has 0 amide bonds. The fourth-order valence-electron chi connectivity index (χ4n) is 3.58. The fourth-order valence-corrected chi connectivity index (χ4v) is 3.58. The van der Waals surface area contributed by atoms with Gasteiger partial charge in [0.15, 0.2) is 0 Å². The predicted molar refractivity (Wildman–Crippen MR) is 92.4 cm³/mol. The number of halogens is 5. The van der Waals surface area contributed by atoms with Crippen molar-refractivity contribution in [2.75, 3.05) is 0 Å². The van der Waals surface area contributed by atoms with E-state index in [0.29, 0.717) is 6.07 Å². The Morgan fingerprint density at radius 2 is 1.63 bits per heavy atom. The molecule has 1 aliphatic carbocycles. The number of alkyl halides is 5. The van der Waals surface area contributed by atoms with Gasteiger partial charge in [0.05, 0.1) is 16.5 Å². The lowest BCUT2D eigenvalue weighted by Gasteiger charge is -2.31. The number of fused-ring (bicyclic) bond motifs is 1. The van der Waals surface area contributed by atoms with Crippen molar-refractivity contribution in [3.63, 3.8) is 0 Å². The first-order chi connectivity index (χ1) is 12.5. The van der Waals surface area contributed by atoms with Crippen molar-refractivity contribution < 1.29 is 22.0 Å². The van der Waals surface area contributed by atoms with Gasteiger partial charge in [-0.15, -0.1) is 0 Å². The van der Waals surface area contributed by atoms with Gasteiger partial charge in [-0.1, -0.05) is 13.8 Å². The highest BCUT2D eigenvalue weighted by molar-refractivity contribution is 5.83. The minimum atomic E-state index is -4.74. The Morgan fingerprint density at radius 3 is 2.15 bits per heavy atom. The van der Waals surface area contributed by atoms with Crippen LogP contribution in [0, 0.1) is 6.92 Å². The van der Waals surface area contributed by atoms with Gasteiger partial charge in [0.1, 0.15) is 0 Å². The van der Waals surface area contributed by atoms with E-state index in [4.69, 9.17) is 0 Å². The summed E-state index contributed by atoms with van der Waals surface area (Å²) in [6.07, 6.45) is -5.89. The molecule has 2 N–H and O–H groups in total. The van der Waals surface area contributed by atoms with Crippen LogP contribution in [0.4, 0.5) is 22.0 Å². The van der Waals surface area contributed by atoms with Crippen molar-refractivity contribution >= 4 is 10.9 Å². The second-order valence-corrected chi connectivity index (χ2v) is 6.42. The van der Waals surface area contributed by atoms with E-state index >= 15 is 0 Å². The SMILES string of the molecule is CC.Cc1c(C2CCC(F)(F)CC2)c(C(F)(F)F)cc2c(=O)[nH]c(=O)[nH]c12. The second kappa shape index (κ2) is 7.44. The van der Waals surface area contributed by atoms with E-state index in [1.165, 1.54) is 6.92 Å². The van der Waals surface area contributed by atoms with E-state index in [0.717, 1.165) is 0 Å². The maximum Gasteiger partial charge on any atom is 0.416 e. The molecule has 1 aromatic carbocycles. The van der Waals surface area contributed by atoms with Crippen molar-refractivity contribution in [1.82, 2.24) is 9.97 Å². The molecular formula is C18H21F5N2O2. The Labute approximate surface area is 151 Å². The largest absolute Gasteiger partial charge is 0.416 e. The third-order valence-corrected chi connectivity index (χ3v) is 4.77. The third kappa shape index (κ3) is 4.22. The molecule has 0 aliphatic heterocycles. The lowest BCUT2D eigenvalue weighted by atomic mass is 9.78. The van der Waals surface area contributed by atoms with Gasteiger partial charge in [0.2, 0.25) is 5.92 Å². The Kier molecular flexibility index (Phi) is 5.82. The van der Waals surface area contributed by atoms with E-state index < -0.39 is 47.7 Å². The Morgan fingerprint density at radius 1 is 1.07 bits per heavy atom. The van der Waals surface area contributed by atoms with Gasteiger partial charge in [0, 0.05) is 12.8 Å². The van der Waals surface area contributed by atoms with Crippen LogP contribution in [0.15, 0.2) is 15.7 Å². The zero-order chi connectivity index (χ0) is 20.6. The first kappa shape index (κ1) is 21.1. The van der Waals surface area contributed by atoms with Crippen molar-refractivity contribution in [3.05, 3.63) is 43.6 Å². The predicted octanol–water partition coefficient (Wildman–Crippen LogP) is 4.86. The highest BCUT2D eigenvalue weighted by Gasteiger charge is 2.41. The number of nitrogens with one attached hydrogen (secondary N) is 2. The minimum Gasteiger partial charge on any atom is -0.307 e. The van der Waals surface area contributed by atoms with Crippen LogP contribution in [0.3, 0.4) is 0 Å². The van der Waals surface area contributed by atoms with E-state index in [9.17, 15) is 31.5 Å². The molecule has 1 aliphatic rings. The Bertz CT molecular complexity index is 934. The minimum absolute atomic E-state index is 0.00841. The number of hydrogen-bond acceptors (Lipinski definition) is 2. The zero-order valence-electron chi connectivity index (χ0n) is 15.2. The zero-order valence-corrected chi connectivity index (χ0v) is 15.2. The normalized spacial score (nSPS) is 17.5. The Balaban J connectivity index is 0.00000126. The fraction of sp³-hybridized carbons (Fsp3) is 0.556. The number of aromatic amines is 2. The van der Waals surface area contributed by atoms with Gasteiger partial charge in [-0.2, -0.15) is 13.2 Å². The average Bonchev–Trinajstić information content (AvgIpc) is 2.57. The number of aromatic nitrogens is 2. The van der Waals surface area contributed by atoms with Crippen molar-refractivity contribution in [2.24, 2.45) is 0 Å². The van der Waals surface area contributed by atoms with E-state index in [-0.39, 0.29) is 34.9 Å². The van der Waals surface area contributed by atoms with Crippen LogP contribution in [0.5, 0.6) is 0 Å². The van der Waals surface area contributed by atoms with Gasteiger partial charge in [-0.3, -0.25) is 9.78 Å². The third-order valence-electron chi connectivity index (χ3n) is 4.77. The molecular weight excluding hydrogens is 371 g/mol. The molecule has 1 heterocycles. The highest BCUT2D eigenvalue weighted by atomic mass is 19.4. The summed E-state index contributed by atoms with van der Waals surface area (Å²) in [5, 5.41) is -0.283. The molecule has 0 spiro atoms. The van der Waals surface area contributed by atoms with E-state index in [2.05, 4.69) is 4.98 Å². The second-order valence-electron chi connectivity index (χ2n) is 6.42. The topological polar surface area (TPSA) is 65.7 Å². The molecule has 4 nitrogen and oxygen atoms in total. The molecule has 2 aromatic rings. The lowest BCUT2D eigenvalue weighted by molar-refractivity contribution is -0.138. The first-order valence-corrected chi connectivity index (χ1v) is 8.74. The maximum absolute atomic E-state index is 13.5. The van der Waals surface area contributed by atoms with Crippen LogP contribution in [0.2, 0.25) is 0 Å². The summed E-state index contributed by atoms with van der Waals surface area (Å²) in [5.74, 6) is -3.58. The van der Waals surface area contributed by atoms with Crippen molar-refractivity contribution in [1.29, 1.82) is 0 Å². The van der Waals surface area contributed by atoms with Crippen LogP contribution in [0.1, 0.15) is 62.1 Å². The Hall–Kier alpha value is -2.19. The molecule has 0 atom stereocenters. The molecule has 1 fully saturated rings. The van der Waals surface area contributed by atoms with Gasteiger partial charge in [-0.25, -0.2) is 13.6 Å². The molecule has 0 bridgehead atoms. The summed E-state index contributed by atoms with van der Waals surface area (Å²) in [4.78, 5) is 27.6. The number of H-pyrrole nitrogens is 2. The summed E-state index contributed by atoms with van der Waals surface area (Å²) < 4.78 is 67.4.